The van der Waals surface area contributed by atoms with E-state index in [9.17, 15) is 14.7 Å². The molecule has 1 rings (SSSR count). The summed E-state index contributed by atoms with van der Waals surface area (Å²) in [7, 11) is 0. The molecule has 0 aliphatic carbocycles. The molecule has 1 aromatic carbocycles. The van der Waals surface area contributed by atoms with Crippen LogP contribution in [0.1, 0.15) is 24.5 Å². The van der Waals surface area contributed by atoms with Crippen LogP contribution in [0.5, 0.6) is 0 Å². The molecule has 19 heavy (non-hydrogen) atoms. The van der Waals surface area contributed by atoms with Gasteiger partial charge in [0.2, 0.25) is 0 Å². The average Bonchev–Trinajstić information content (AvgIpc) is 2.36. The fourth-order valence-corrected chi connectivity index (χ4v) is 2.12. The number of hydrogen-bond donors (Lipinski definition) is 1. The molecule has 0 saturated carbocycles. The molecule has 0 saturated heterocycles. The number of benzene rings is 1. The maximum atomic E-state index is 12.2. The van der Waals surface area contributed by atoms with Gasteiger partial charge in [0.1, 0.15) is 0 Å². The number of allylic oxidation sites excluding steroid dienone is 1. The van der Waals surface area contributed by atoms with Crippen LogP contribution in [-0.2, 0) is 19.7 Å². The maximum absolute atomic E-state index is 12.2. The van der Waals surface area contributed by atoms with Crippen molar-refractivity contribution in [2.24, 2.45) is 0 Å². The summed E-state index contributed by atoms with van der Waals surface area (Å²) in [5.41, 5.74) is -0.538. The molecule has 0 bridgehead atoms. The van der Waals surface area contributed by atoms with E-state index in [-0.39, 0.29) is 13.0 Å². The van der Waals surface area contributed by atoms with Crippen LogP contribution < -0.4 is 0 Å². The third-order valence-corrected chi connectivity index (χ3v) is 3.04. The highest BCUT2D eigenvalue weighted by Crippen LogP contribution is 2.33. The number of rotatable bonds is 6. The first-order valence-corrected chi connectivity index (χ1v) is 6.08. The van der Waals surface area contributed by atoms with E-state index in [0.717, 1.165) is 5.56 Å². The molecule has 0 radical (unpaired) electrons. The Bertz CT molecular complexity index is 493. The quantitative estimate of drug-likeness (QED) is 0.486. The highest BCUT2D eigenvalue weighted by molar-refractivity contribution is 6.06. The summed E-state index contributed by atoms with van der Waals surface area (Å²) < 4.78 is 4.96. The van der Waals surface area contributed by atoms with Crippen molar-refractivity contribution in [3.8, 4) is 0 Å². The number of carboxylic acid groups (broad SMARTS) is 1. The van der Waals surface area contributed by atoms with Gasteiger partial charge in [-0.15, -0.1) is 6.58 Å². The summed E-state index contributed by atoms with van der Waals surface area (Å²) in [5, 5.41) is 9.58. The zero-order valence-electron chi connectivity index (χ0n) is 11.2. The first kappa shape index (κ1) is 15.0. The van der Waals surface area contributed by atoms with Crippen molar-refractivity contribution in [3.63, 3.8) is 0 Å². The molecule has 0 spiro atoms. The lowest BCUT2D eigenvalue weighted by molar-refractivity contribution is -0.161. The molecule has 0 amide bonds. The largest absolute Gasteiger partial charge is 0.480 e. The van der Waals surface area contributed by atoms with Gasteiger partial charge in [0.05, 0.1) is 6.61 Å². The summed E-state index contributed by atoms with van der Waals surface area (Å²) >= 11 is 0. The molecule has 0 aliphatic heterocycles. The smallest absolute Gasteiger partial charge is 0.328 e. The molecule has 4 heteroatoms. The van der Waals surface area contributed by atoms with Gasteiger partial charge in [-0.05, 0) is 31.4 Å². The maximum Gasteiger partial charge on any atom is 0.328 e. The van der Waals surface area contributed by atoms with Crippen molar-refractivity contribution in [1.82, 2.24) is 0 Å². The standard InChI is InChI=1S/C15H18O4/c1-4-10-15(13(16)17,14(18)19-5-2)12-9-7-6-8-11(12)3/h4,6-9H,1,5,10H2,2-3H3,(H,16,17). The number of esters is 1. The Hall–Kier alpha value is -2.10. The van der Waals surface area contributed by atoms with Crippen molar-refractivity contribution < 1.29 is 19.4 Å². The second-order valence-electron chi connectivity index (χ2n) is 4.24. The molecular formula is C15H18O4. The van der Waals surface area contributed by atoms with Gasteiger partial charge in [-0.1, -0.05) is 30.3 Å². The van der Waals surface area contributed by atoms with Crippen molar-refractivity contribution in [2.75, 3.05) is 6.61 Å². The van der Waals surface area contributed by atoms with Crippen molar-refractivity contribution >= 4 is 11.9 Å². The van der Waals surface area contributed by atoms with E-state index in [1.807, 2.05) is 0 Å². The van der Waals surface area contributed by atoms with Gasteiger partial charge in [-0.3, -0.25) is 9.59 Å². The van der Waals surface area contributed by atoms with Crippen LogP contribution in [0.2, 0.25) is 0 Å². The summed E-state index contributed by atoms with van der Waals surface area (Å²) in [5.74, 6) is -1.98. The zero-order valence-corrected chi connectivity index (χ0v) is 11.2. The molecule has 1 aromatic rings. The molecular weight excluding hydrogens is 244 g/mol. The number of carbonyl (C=O) groups excluding carboxylic acids is 1. The number of ether oxygens (including phenoxy) is 1. The molecule has 1 atom stereocenters. The Morgan fingerprint density at radius 1 is 1.42 bits per heavy atom. The van der Waals surface area contributed by atoms with Gasteiger partial charge in [-0.2, -0.15) is 0 Å². The number of carbonyl (C=O) groups is 2. The van der Waals surface area contributed by atoms with Crippen LogP contribution in [-0.4, -0.2) is 23.7 Å². The summed E-state index contributed by atoms with van der Waals surface area (Å²) in [4.78, 5) is 23.9. The lowest BCUT2D eigenvalue weighted by Gasteiger charge is -2.27. The van der Waals surface area contributed by atoms with Crippen molar-refractivity contribution in [3.05, 3.63) is 48.0 Å². The summed E-state index contributed by atoms with van der Waals surface area (Å²) in [6, 6.07) is 6.92. The van der Waals surface area contributed by atoms with Crippen LogP contribution in [0.25, 0.3) is 0 Å². The topological polar surface area (TPSA) is 63.6 Å². The van der Waals surface area contributed by atoms with E-state index < -0.39 is 17.4 Å². The van der Waals surface area contributed by atoms with Gasteiger partial charge in [-0.25, -0.2) is 0 Å². The van der Waals surface area contributed by atoms with E-state index >= 15 is 0 Å². The van der Waals surface area contributed by atoms with Gasteiger partial charge in [0, 0.05) is 0 Å². The molecule has 0 aliphatic rings. The van der Waals surface area contributed by atoms with E-state index in [1.165, 1.54) is 6.08 Å². The number of hydrogen-bond acceptors (Lipinski definition) is 3. The Balaban J connectivity index is 3.48. The van der Waals surface area contributed by atoms with Crippen LogP contribution in [0.4, 0.5) is 0 Å². The zero-order chi connectivity index (χ0) is 14.5. The van der Waals surface area contributed by atoms with Crippen molar-refractivity contribution in [2.45, 2.75) is 25.7 Å². The Morgan fingerprint density at radius 3 is 2.53 bits per heavy atom. The third kappa shape index (κ3) is 2.67. The van der Waals surface area contributed by atoms with Crippen LogP contribution >= 0.6 is 0 Å². The van der Waals surface area contributed by atoms with E-state index in [4.69, 9.17) is 4.74 Å². The van der Waals surface area contributed by atoms with Gasteiger partial charge < -0.3 is 9.84 Å². The summed E-state index contributed by atoms with van der Waals surface area (Å²) in [6.45, 7) is 7.11. The molecule has 4 nitrogen and oxygen atoms in total. The predicted octanol–water partition coefficient (Wildman–Crippen LogP) is 2.46. The minimum Gasteiger partial charge on any atom is -0.480 e. The number of aryl methyl sites for hydroxylation is 1. The Labute approximate surface area is 112 Å². The molecule has 1 unspecified atom stereocenters. The SMILES string of the molecule is C=CCC(C(=O)O)(C(=O)OCC)c1ccccc1C. The highest BCUT2D eigenvalue weighted by atomic mass is 16.5. The normalized spacial score (nSPS) is 13.4. The lowest BCUT2D eigenvalue weighted by Crippen LogP contribution is -2.45. The molecule has 1 N–H and O–H groups in total. The van der Waals surface area contributed by atoms with E-state index in [0.29, 0.717) is 5.56 Å². The second-order valence-corrected chi connectivity index (χ2v) is 4.24. The lowest BCUT2D eigenvalue weighted by atomic mass is 9.75. The van der Waals surface area contributed by atoms with Crippen LogP contribution in [0.3, 0.4) is 0 Å². The predicted molar refractivity (Wildman–Crippen MR) is 71.9 cm³/mol. The molecule has 0 fully saturated rings. The monoisotopic (exact) mass is 262 g/mol. The molecule has 0 aromatic heterocycles. The fraction of sp³-hybridized carbons (Fsp3) is 0.333. The van der Waals surface area contributed by atoms with Crippen LogP contribution in [0, 0.1) is 6.92 Å². The van der Waals surface area contributed by atoms with Crippen LogP contribution in [0.15, 0.2) is 36.9 Å². The second kappa shape index (κ2) is 6.18. The van der Waals surface area contributed by atoms with Crippen molar-refractivity contribution in [1.29, 1.82) is 0 Å². The third-order valence-electron chi connectivity index (χ3n) is 3.04. The molecule has 0 heterocycles. The van der Waals surface area contributed by atoms with E-state index in [2.05, 4.69) is 6.58 Å². The van der Waals surface area contributed by atoms with E-state index in [1.54, 1.807) is 38.1 Å². The highest BCUT2D eigenvalue weighted by Gasteiger charge is 2.49. The number of aliphatic carboxylic acids is 1. The van der Waals surface area contributed by atoms with Gasteiger partial charge >= 0.3 is 11.9 Å². The first-order valence-electron chi connectivity index (χ1n) is 6.08. The summed E-state index contributed by atoms with van der Waals surface area (Å²) in [6.07, 6.45) is 1.42. The Kier molecular flexibility index (Phi) is 4.87. The number of carboxylic acids is 1. The van der Waals surface area contributed by atoms with Gasteiger partial charge in [0.25, 0.3) is 0 Å². The fourth-order valence-electron chi connectivity index (χ4n) is 2.12. The first-order chi connectivity index (χ1) is 9.00. The Morgan fingerprint density at radius 2 is 2.05 bits per heavy atom. The van der Waals surface area contributed by atoms with Gasteiger partial charge in [0.15, 0.2) is 5.41 Å². The minimum atomic E-state index is -1.72. The minimum absolute atomic E-state index is 0.00792. The molecule has 102 valence electrons. The average molecular weight is 262 g/mol.